The summed E-state index contributed by atoms with van der Waals surface area (Å²) in [6.07, 6.45) is -0.194. The lowest BCUT2D eigenvalue weighted by atomic mass is 9.94. The molecule has 1 fully saturated rings. The number of methoxy groups -OCH3 is 1. The molecule has 0 spiro atoms. The molecule has 1 N–H and O–H groups in total. The van der Waals surface area contributed by atoms with E-state index in [1.807, 2.05) is 0 Å². The predicted octanol–water partition coefficient (Wildman–Crippen LogP) is 0.530. The minimum Gasteiger partial charge on any atom is -0.467 e. The fraction of sp³-hybridized carbons (Fsp3) is 0.818. The standard InChI is InChI=1S/C11H19NO5/c1-11(2,3)17-10(15)12-7(6-13)5-8(12)9(14)16-4/h7-8,13H,5-6H2,1-4H3. The smallest absolute Gasteiger partial charge is 0.411 e. The van der Waals surface area contributed by atoms with E-state index < -0.39 is 23.7 Å². The topological polar surface area (TPSA) is 76.1 Å². The van der Waals surface area contributed by atoms with Crippen LogP contribution in [0.5, 0.6) is 0 Å². The average molecular weight is 245 g/mol. The van der Waals surface area contributed by atoms with Crippen LogP contribution >= 0.6 is 0 Å². The molecule has 0 aliphatic carbocycles. The van der Waals surface area contributed by atoms with Crippen molar-refractivity contribution in [1.82, 2.24) is 4.90 Å². The number of esters is 1. The summed E-state index contributed by atoms with van der Waals surface area (Å²) in [7, 11) is 1.27. The fourth-order valence-electron chi connectivity index (χ4n) is 1.70. The number of hydrogen-bond donors (Lipinski definition) is 1. The molecule has 6 nitrogen and oxygen atoms in total. The van der Waals surface area contributed by atoms with Gasteiger partial charge in [0.25, 0.3) is 0 Å². The van der Waals surface area contributed by atoms with Gasteiger partial charge in [0.15, 0.2) is 0 Å². The largest absolute Gasteiger partial charge is 0.467 e. The van der Waals surface area contributed by atoms with Gasteiger partial charge in [-0.15, -0.1) is 0 Å². The highest BCUT2D eigenvalue weighted by atomic mass is 16.6. The molecule has 1 saturated heterocycles. The van der Waals surface area contributed by atoms with Gasteiger partial charge in [-0.25, -0.2) is 9.59 Å². The number of aliphatic hydroxyl groups excluding tert-OH is 1. The van der Waals surface area contributed by atoms with Gasteiger partial charge in [0.2, 0.25) is 0 Å². The maximum Gasteiger partial charge on any atom is 0.411 e. The number of aliphatic hydroxyl groups is 1. The van der Waals surface area contributed by atoms with Crippen molar-refractivity contribution in [2.24, 2.45) is 0 Å². The molecule has 2 unspecified atom stereocenters. The molecule has 2 atom stereocenters. The summed E-state index contributed by atoms with van der Waals surface area (Å²) >= 11 is 0. The van der Waals surface area contributed by atoms with Crippen molar-refractivity contribution in [2.75, 3.05) is 13.7 Å². The van der Waals surface area contributed by atoms with Crippen molar-refractivity contribution in [3.8, 4) is 0 Å². The summed E-state index contributed by atoms with van der Waals surface area (Å²) < 4.78 is 9.75. The Bertz CT molecular complexity index is 309. The number of amides is 1. The molecule has 98 valence electrons. The molecule has 17 heavy (non-hydrogen) atoms. The van der Waals surface area contributed by atoms with Crippen LogP contribution in [-0.4, -0.2) is 53.5 Å². The number of ether oxygens (including phenoxy) is 2. The SMILES string of the molecule is COC(=O)C1CC(CO)N1C(=O)OC(C)(C)C. The Morgan fingerprint density at radius 1 is 1.41 bits per heavy atom. The third-order valence-corrected chi connectivity index (χ3v) is 2.51. The van der Waals surface area contributed by atoms with Crippen LogP contribution < -0.4 is 0 Å². The van der Waals surface area contributed by atoms with Gasteiger partial charge in [-0.1, -0.05) is 0 Å². The van der Waals surface area contributed by atoms with E-state index in [0.29, 0.717) is 6.42 Å². The Balaban J connectivity index is 2.70. The first kappa shape index (κ1) is 13.8. The van der Waals surface area contributed by atoms with Crippen LogP contribution in [0.15, 0.2) is 0 Å². The van der Waals surface area contributed by atoms with Gasteiger partial charge in [0.05, 0.1) is 19.8 Å². The van der Waals surface area contributed by atoms with Gasteiger partial charge in [-0.05, 0) is 20.8 Å². The van der Waals surface area contributed by atoms with Crippen molar-refractivity contribution in [1.29, 1.82) is 0 Å². The molecule has 1 aliphatic heterocycles. The molecular formula is C11H19NO5. The maximum absolute atomic E-state index is 11.8. The highest BCUT2D eigenvalue weighted by Crippen LogP contribution is 2.28. The zero-order valence-electron chi connectivity index (χ0n) is 10.6. The minimum atomic E-state index is -0.646. The number of carbonyl (C=O) groups excluding carboxylic acids is 2. The predicted molar refractivity (Wildman–Crippen MR) is 59.4 cm³/mol. The second-order valence-corrected chi connectivity index (χ2v) is 5.00. The number of nitrogens with zero attached hydrogens (tertiary/aromatic N) is 1. The summed E-state index contributed by atoms with van der Waals surface area (Å²) in [6.45, 7) is 5.04. The first-order valence-electron chi connectivity index (χ1n) is 5.50. The van der Waals surface area contributed by atoms with Crippen LogP contribution in [0.2, 0.25) is 0 Å². The lowest BCUT2D eigenvalue weighted by Gasteiger charge is -2.45. The Hall–Kier alpha value is -1.30. The first-order chi connectivity index (χ1) is 7.80. The Morgan fingerprint density at radius 3 is 2.41 bits per heavy atom. The zero-order valence-corrected chi connectivity index (χ0v) is 10.6. The van der Waals surface area contributed by atoms with E-state index in [0.717, 1.165) is 0 Å². The normalized spacial score (nSPS) is 23.9. The Labute approximate surface area is 100 Å². The summed E-state index contributed by atoms with van der Waals surface area (Å²) in [6, 6.07) is -1.01. The Morgan fingerprint density at radius 2 is 2.00 bits per heavy atom. The summed E-state index contributed by atoms with van der Waals surface area (Å²) in [5.41, 5.74) is -0.632. The number of rotatable bonds is 2. The van der Waals surface area contributed by atoms with E-state index in [1.54, 1.807) is 20.8 Å². The third-order valence-electron chi connectivity index (χ3n) is 2.51. The fourth-order valence-corrected chi connectivity index (χ4v) is 1.70. The summed E-state index contributed by atoms with van der Waals surface area (Å²) in [5, 5.41) is 9.07. The highest BCUT2D eigenvalue weighted by Gasteiger charge is 2.47. The van der Waals surface area contributed by atoms with Gasteiger partial charge >= 0.3 is 12.1 Å². The van der Waals surface area contributed by atoms with Crippen molar-refractivity contribution in [2.45, 2.75) is 44.9 Å². The average Bonchev–Trinajstić information content (AvgIpc) is 2.13. The monoisotopic (exact) mass is 245 g/mol. The number of carbonyl (C=O) groups is 2. The maximum atomic E-state index is 11.8. The molecule has 0 saturated carbocycles. The van der Waals surface area contributed by atoms with E-state index in [-0.39, 0.29) is 12.6 Å². The summed E-state index contributed by atoms with van der Waals surface area (Å²) in [5.74, 6) is -0.486. The number of likely N-dealkylation sites (tertiary alicyclic amines) is 1. The van der Waals surface area contributed by atoms with Gasteiger partial charge in [0.1, 0.15) is 11.6 Å². The molecule has 0 aromatic carbocycles. The van der Waals surface area contributed by atoms with Crippen molar-refractivity contribution in [3.63, 3.8) is 0 Å². The van der Waals surface area contributed by atoms with Gasteiger partial charge in [-0.3, -0.25) is 4.90 Å². The highest BCUT2D eigenvalue weighted by molar-refractivity contribution is 5.83. The third kappa shape index (κ3) is 3.09. The lowest BCUT2D eigenvalue weighted by Crippen LogP contribution is -2.64. The zero-order chi connectivity index (χ0) is 13.2. The molecule has 1 rings (SSSR count). The van der Waals surface area contributed by atoms with E-state index in [2.05, 4.69) is 4.74 Å². The van der Waals surface area contributed by atoms with Crippen LogP contribution in [0.3, 0.4) is 0 Å². The van der Waals surface area contributed by atoms with Gasteiger partial charge in [0, 0.05) is 6.42 Å². The van der Waals surface area contributed by atoms with Crippen molar-refractivity contribution in [3.05, 3.63) is 0 Å². The Kier molecular flexibility index (Phi) is 3.98. The molecular weight excluding hydrogens is 226 g/mol. The van der Waals surface area contributed by atoms with Crippen LogP contribution in [0.4, 0.5) is 4.79 Å². The van der Waals surface area contributed by atoms with Crippen molar-refractivity contribution >= 4 is 12.1 Å². The van der Waals surface area contributed by atoms with Crippen LogP contribution in [0.25, 0.3) is 0 Å². The van der Waals surface area contributed by atoms with E-state index in [9.17, 15) is 9.59 Å². The van der Waals surface area contributed by atoms with E-state index in [4.69, 9.17) is 9.84 Å². The molecule has 1 heterocycles. The molecule has 0 aromatic rings. The lowest BCUT2D eigenvalue weighted by molar-refractivity contribution is -0.156. The quantitative estimate of drug-likeness (QED) is 0.718. The first-order valence-corrected chi connectivity index (χ1v) is 5.50. The molecule has 1 amide bonds. The van der Waals surface area contributed by atoms with Gasteiger partial charge in [-0.2, -0.15) is 0 Å². The van der Waals surface area contributed by atoms with Crippen LogP contribution in [0.1, 0.15) is 27.2 Å². The van der Waals surface area contributed by atoms with E-state index >= 15 is 0 Å². The summed E-state index contributed by atoms with van der Waals surface area (Å²) in [4.78, 5) is 24.4. The molecule has 6 heteroatoms. The second kappa shape index (κ2) is 4.91. The number of hydrogen-bond acceptors (Lipinski definition) is 5. The van der Waals surface area contributed by atoms with E-state index in [1.165, 1.54) is 12.0 Å². The minimum absolute atomic E-state index is 0.188. The molecule has 1 aliphatic rings. The van der Waals surface area contributed by atoms with Crippen molar-refractivity contribution < 1.29 is 24.2 Å². The van der Waals surface area contributed by atoms with Gasteiger partial charge < -0.3 is 14.6 Å². The molecule has 0 radical (unpaired) electrons. The molecule has 0 aromatic heterocycles. The van der Waals surface area contributed by atoms with Crippen LogP contribution in [-0.2, 0) is 14.3 Å². The van der Waals surface area contributed by atoms with Crippen LogP contribution in [0, 0.1) is 0 Å². The molecule has 0 bridgehead atoms. The second-order valence-electron chi connectivity index (χ2n) is 5.00.